The van der Waals surface area contributed by atoms with Crippen LogP contribution in [0.4, 0.5) is 28.7 Å². The number of nitrogens with two attached hydrogens (primary N) is 2. The van der Waals surface area contributed by atoms with Crippen molar-refractivity contribution in [2.75, 3.05) is 42.2 Å². The molecule has 0 bridgehead atoms. The van der Waals surface area contributed by atoms with E-state index in [1.807, 2.05) is 36.2 Å². The number of amides is 1. The summed E-state index contributed by atoms with van der Waals surface area (Å²) >= 11 is 0. The number of nitrogens with zero attached hydrogens (tertiary/aromatic N) is 6. The van der Waals surface area contributed by atoms with Crippen LogP contribution in [0.3, 0.4) is 0 Å². The molecule has 3 aliphatic rings. The molecule has 4 N–H and O–H groups in total. The molecule has 1 amide bonds. The number of hydrogen-bond acceptors (Lipinski definition) is 8. The monoisotopic (exact) mass is 586 g/mol. The van der Waals surface area contributed by atoms with Gasteiger partial charge >= 0.3 is 0 Å². The van der Waals surface area contributed by atoms with Crippen molar-refractivity contribution in [3.8, 4) is 11.3 Å². The molecule has 9 nitrogen and oxygen atoms in total. The van der Waals surface area contributed by atoms with Gasteiger partial charge in [-0.15, -0.1) is 0 Å². The number of anilines is 4. The molecule has 2 atom stereocenters. The normalized spacial score (nSPS) is 20.2. The SMILES string of the molecule is CC(=O)N1CC2CN(c3cccc(-c4ccc(/N=C/c5cccnc5N)c(N(C)c5ccc(C6(N)CCC6)cc5)n4)c3)CC21. The predicted molar refractivity (Wildman–Crippen MR) is 177 cm³/mol. The summed E-state index contributed by atoms with van der Waals surface area (Å²) in [5, 5.41) is 0. The Labute approximate surface area is 258 Å². The van der Waals surface area contributed by atoms with E-state index in [1.54, 1.807) is 19.3 Å². The minimum atomic E-state index is -0.210. The van der Waals surface area contributed by atoms with Crippen molar-refractivity contribution in [1.82, 2.24) is 14.9 Å². The maximum Gasteiger partial charge on any atom is 0.219 e. The van der Waals surface area contributed by atoms with E-state index >= 15 is 0 Å². The summed E-state index contributed by atoms with van der Waals surface area (Å²) in [5.74, 6) is 1.85. The van der Waals surface area contributed by atoms with Gasteiger partial charge in [0.15, 0.2) is 5.82 Å². The smallest absolute Gasteiger partial charge is 0.219 e. The Morgan fingerprint density at radius 2 is 1.86 bits per heavy atom. The lowest BCUT2D eigenvalue weighted by Crippen LogP contribution is -2.57. The average Bonchev–Trinajstić information content (AvgIpc) is 3.34. The first kappa shape index (κ1) is 28.0. The molecular formula is C35H38N8O. The Morgan fingerprint density at radius 3 is 2.59 bits per heavy atom. The summed E-state index contributed by atoms with van der Waals surface area (Å²) in [4.78, 5) is 32.6. The topological polar surface area (TPSA) is 117 Å². The fourth-order valence-electron chi connectivity index (χ4n) is 6.68. The lowest BCUT2D eigenvalue weighted by molar-refractivity contribution is -0.138. The quantitative estimate of drug-likeness (QED) is 0.284. The number of aliphatic imine (C=N–C) groups is 1. The number of carbonyl (C=O) groups excluding carboxylic acids is 1. The highest BCUT2D eigenvalue weighted by Crippen LogP contribution is 2.41. The number of fused-ring (bicyclic) bond motifs is 1. The van der Waals surface area contributed by atoms with Gasteiger partial charge in [-0.05, 0) is 73.4 Å². The van der Waals surface area contributed by atoms with Crippen LogP contribution in [0.2, 0.25) is 0 Å². The molecule has 2 aromatic carbocycles. The summed E-state index contributed by atoms with van der Waals surface area (Å²) in [5.41, 5.74) is 19.1. The van der Waals surface area contributed by atoms with Gasteiger partial charge in [0.1, 0.15) is 11.5 Å². The zero-order valence-corrected chi connectivity index (χ0v) is 25.2. The summed E-state index contributed by atoms with van der Waals surface area (Å²) < 4.78 is 0. The molecule has 2 saturated heterocycles. The molecule has 7 rings (SSSR count). The van der Waals surface area contributed by atoms with Crippen LogP contribution in [0.5, 0.6) is 0 Å². The van der Waals surface area contributed by atoms with E-state index in [2.05, 4.69) is 63.3 Å². The molecule has 4 heterocycles. The Morgan fingerprint density at radius 1 is 1.05 bits per heavy atom. The minimum Gasteiger partial charge on any atom is -0.383 e. The van der Waals surface area contributed by atoms with Crippen LogP contribution in [0.1, 0.15) is 37.3 Å². The lowest BCUT2D eigenvalue weighted by atomic mass is 9.73. The molecule has 44 heavy (non-hydrogen) atoms. The van der Waals surface area contributed by atoms with Crippen LogP contribution in [0, 0.1) is 5.92 Å². The number of benzene rings is 2. The van der Waals surface area contributed by atoms with E-state index in [1.165, 1.54) is 12.0 Å². The van der Waals surface area contributed by atoms with Crippen molar-refractivity contribution < 1.29 is 4.79 Å². The molecule has 2 aliphatic heterocycles. The number of carbonyl (C=O) groups is 1. The molecule has 1 aliphatic carbocycles. The van der Waals surface area contributed by atoms with E-state index in [0.29, 0.717) is 17.8 Å². The number of likely N-dealkylation sites (tertiary alicyclic amines) is 1. The van der Waals surface area contributed by atoms with Crippen molar-refractivity contribution in [2.24, 2.45) is 16.6 Å². The van der Waals surface area contributed by atoms with Gasteiger partial charge in [0.05, 0.1) is 11.7 Å². The summed E-state index contributed by atoms with van der Waals surface area (Å²) in [7, 11) is 2.01. The molecule has 0 spiro atoms. The van der Waals surface area contributed by atoms with Crippen LogP contribution >= 0.6 is 0 Å². The third-order valence-corrected chi connectivity index (χ3v) is 9.61. The summed E-state index contributed by atoms with van der Waals surface area (Å²) in [6, 6.07) is 25.1. The summed E-state index contributed by atoms with van der Waals surface area (Å²) in [6.45, 7) is 4.34. The highest BCUT2D eigenvalue weighted by molar-refractivity contribution is 5.89. The first-order valence-corrected chi connectivity index (χ1v) is 15.3. The van der Waals surface area contributed by atoms with Gasteiger partial charge in [0, 0.05) is 80.0 Å². The van der Waals surface area contributed by atoms with E-state index in [-0.39, 0.29) is 11.4 Å². The Hall–Kier alpha value is -4.76. The van der Waals surface area contributed by atoms with Crippen LogP contribution < -0.4 is 21.3 Å². The van der Waals surface area contributed by atoms with E-state index in [4.69, 9.17) is 21.4 Å². The molecule has 0 radical (unpaired) electrons. The minimum absolute atomic E-state index is 0.164. The van der Waals surface area contributed by atoms with Gasteiger partial charge in [0.2, 0.25) is 5.91 Å². The van der Waals surface area contributed by atoms with Gasteiger partial charge in [-0.3, -0.25) is 9.79 Å². The largest absolute Gasteiger partial charge is 0.383 e. The van der Waals surface area contributed by atoms with Crippen LogP contribution in [0.15, 0.2) is 84.0 Å². The first-order valence-electron chi connectivity index (χ1n) is 15.3. The molecular weight excluding hydrogens is 548 g/mol. The fourth-order valence-corrected chi connectivity index (χ4v) is 6.68. The third kappa shape index (κ3) is 5.07. The van der Waals surface area contributed by atoms with Crippen molar-refractivity contribution in [1.29, 1.82) is 0 Å². The van der Waals surface area contributed by atoms with E-state index in [9.17, 15) is 4.79 Å². The van der Waals surface area contributed by atoms with Crippen molar-refractivity contribution >= 4 is 40.8 Å². The van der Waals surface area contributed by atoms with Crippen molar-refractivity contribution in [3.05, 3.63) is 90.1 Å². The molecule has 2 unspecified atom stereocenters. The number of rotatable bonds is 7. The lowest BCUT2D eigenvalue weighted by Gasteiger charge is -2.42. The number of aromatic nitrogens is 2. The van der Waals surface area contributed by atoms with Gasteiger partial charge in [-0.2, -0.15) is 0 Å². The molecule has 3 fully saturated rings. The Bertz CT molecular complexity index is 1730. The van der Waals surface area contributed by atoms with Gasteiger partial charge in [-0.1, -0.05) is 24.3 Å². The third-order valence-electron chi connectivity index (χ3n) is 9.61. The number of nitrogen functional groups attached to an aromatic ring is 1. The zero-order chi connectivity index (χ0) is 30.4. The second kappa shape index (κ2) is 11.1. The van der Waals surface area contributed by atoms with Crippen LogP contribution in [-0.2, 0) is 10.3 Å². The summed E-state index contributed by atoms with van der Waals surface area (Å²) in [6.07, 6.45) is 6.63. The van der Waals surface area contributed by atoms with E-state index in [0.717, 1.165) is 72.2 Å². The maximum absolute atomic E-state index is 12.0. The fraction of sp³-hybridized carbons (Fsp3) is 0.314. The van der Waals surface area contributed by atoms with E-state index < -0.39 is 0 Å². The second-order valence-electron chi connectivity index (χ2n) is 12.3. The average molecular weight is 587 g/mol. The highest BCUT2D eigenvalue weighted by Gasteiger charge is 2.46. The number of hydrogen-bond donors (Lipinski definition) is 2. The van der Waals surface area contributed by atoms with Crippen LogP contribution in [0.25, 0.3) is 11.3 Å². The van der Waals surface area contributed by atoms with Crippen molar-refractivity contribution in [2.45, 2.75) is 37.8 Å². The highest BCUT2D eigenvalue weighted by atomic mass is 16.2. The molecule has 1 saturated carbocycles. The van der Waals surface area contributed by atoms with Gasteiger partial charge in [-0.25, -0.2) is 9.97 Å². The molecule has 4 aromatic rings. The van der Waals surface area contributed by atoms with Crippen molar-refractivity contribution in [3.63, 3.8) is 0 Å². The Kier molecular flexibility index (Phi) is 7.05. The molecule has 224 valence electrons. The van der Waals surface area contributed by atoms with Gasteiger partial charge < -0.3 is 26.2 Å². The predicted octanol–water partition coefficient (Wildman–Crippen LogP) is 5.25. The van der Waals surface area contributed by atoms with Crippen LogP contribution in [-0.4, -0.2) is 59.7 Å². The number of pyridine rings is 2. The maximum atomic E-state index is 12.0. The Balaban J connectivity index is 1.21. The molecule has 9 heteroatoms. The molecule has 2 aromatic heterocycles. The first-order chi connectivity index (χ1) is 21.3. The standard InChI is InChI=1S/C35H38N8O/c1-23(44)43-21-26-20-42(22-32(26)43)29-8-3-6-24(18-29)30-13-14-31(39-19-25-7-4-17-38-33(25)36)34(40-30)41(2)28-11-9-27(10-12-28)35(37)15-5-16-35/h3-4,6-14,17-19,26,32H,5,15-16,20-22,37H2,1-2H3,(H2,36,38)/b39-19+. The second-order valence-corrected chi connectivity index (χ2v) is 12.3. The van der Waals surface area contributed by atoms with Gasteiger partial charge in [0.25, 0.3) is 0 Å². The zero-order valence-electron chi connectivity index (χ0n) is 25.2.